The number of rotatable bonds is 12. The predicted molar refractivity (Wildman–Crippen MR) is 241 cm³/mol. The van der Waals surface area contributed by atoms with Gasteiger partial charge in [-0.1, -0.05) is 74.5 Å². The van der Waals surface area contributed by atoms with E-state index in [4.69, 9.17) is 9.72 Å². The summed E-state index contributed by atoms with van der Waals surface area (Å²) in [6.07, 6.45) is 7.44. The minimum absolute atomic E-state index is 0.133. The monoisotopic (exact) mass is 866 g/mol. The van der Waals surface area contributed by atoms with Crippen LogP contribution in [0.5, 0.6) is 0 Å². The number of aromatic amines is 2. The Kier molecular flexibility index (Phi) is 11.7. The van der Waals surface area contributed by atoms with E-state index < -0.39 is 30.7 Å². The lowest BCUT2D eigenvalue weighted by molar-refractivity contribution is -0.139. The molecular formula is C48H50N8O6S. The summed E-state index contributed by atoms with van der Waals surface area (Å²) in [5.41, 5.74) is 9.07. The van der Waals surface area contributed by atoms with E-state index in [9.17, 15) is 24.3 Å². The highest BCUT2D eigenvalue weighted by Crippen LogP contribution is 2.42. The Morgan fingerprint density at radius 2 is 1.56 bits per heavy atom. The van der Waals surface area contributed by atoms with Crippen molar-refractivity contribution in [1.29, 1.82) is 0 Å². The first kappa shape index (κ1) is 41.8. The summed E-state index contributed by atoms with van der Waals surface area (Å²) in [6, 6.07) is 24.2. The molecule has 6 aromatic rings. The molecule has 0 saturated carbocycles. The summed E-state index contributed by atoms with van der Waals surface area (Å²) < 4.78 is 4.85. The number of carbonyl (C=O) groups excluding carboxylic acids is 4. The van der Waals surface area contributed by atoms with Gasteiger partial charge in [0.1, 0.15) is 30.3 Å². The maximum atomic E-state index is 14.0. The Bertz CT molecular complexity index is 2700. The highest BCUT2D eigenvalue weighted by atomic mass is 32.1. The Morgan fingerprint density at radius 3 is 2.25 bits per heavy atom. The number of H-pyrrole nitrogens is 2. The largest absolute Gasteiger partial charge is 0.453 e. The van der Waals surface area contributed by atoms with Gasteiger partial charge in [-0.2, -0.15) is 0 Å². The number of nitrogens with one attached hydrogen (secondary N) is 4. The first-order valence-electron chi connectivity index (χ1n) is 21.5. The maximum absolute atomic E-state index is 14.0. The fraction of sp³-hybridized carbons (Fsp3) is 0.333. The molecule has 2 fully saturated rings. The molecule has 0 bridgehead atoms. The number of hydrogen-bond donors (Lipinski definition) is 5. The Morgan fingerprint density at radius 1 is 0.857 bits per heavy atom. The number of amides is 4. The highest BCUT2D eigenvalue weighted by Gasteiger charge is 2.39. The number of allylic oxidation sites excluding steroid dienone is 1. The van der Waals surface area contributed by atoms with Gasteiger partial charge in [0.15, 0.2) is 0 Å². The second-order valence-electron chi connectivity index (χ2n) is 16.8. The molecule has 0 spiro atoms. The number of aliphatic hydroxyl groups excluding tert-OH is 1. The molecule has 1 unspecified atom stereocenters. The van der Waals surface area contributed by atoms with Gasteiger partial charge < -0.3 is 40.2 Å². The van der Waals surface area contributed by atoms with Crippen molar-refractivity contribution in [3.05, 3.63) is 118 Å². The van der Waals surface area contributed by atoms with Crippen LogP contribution in [0.3, 0.4) is 0 Å². The van der Waals surface area contributed by atoms with E-state index in [-0.39, 0.29) is 29.8 Å². The Balaban J connectivity index is 0.868. The van der Waals surface area contributed by atoms with Crippen molar-refractivity contribution in [1.82, 2.24) is 40.4 Å². The van der Waals surface area contributed by atoms with Crippen molar-refractivity contribution in [2.24, 2.45) is 5.92 Å². The smallest absolute Gasteiger partial charge is 0.407 e. The molecule has 3 aliphatic rings. The van der Waals surface area contributed by atoms with Crippen molar-refractivity contribution in [2.45, 2.75) is 70.1 Å². The van der Waals surface area contributed by atoms with Gasteiger partial charge in [-0.05, 0) is 95.7 Å². The summed E-state index contributed by atoms with van der Waals surface area (Å²) >= 11 is 1.78. The minimum Gasteiger partial charge on any atom is -0.453 e. The second-order valence-corrected chi connectivity index (χ2v) is 17.8. The SMILES string of the molecule is COC(=O)N[C@@H](C(=O)N1CCCC1c1nc2ccc(C3=Cc4sc(-c5ccc(-c6cnc([C@@H]7CCCN7C(=O)[C@@H](NC(=O)CO)C(C)C)[nH]6)cc5)cc4C3)cc2[nH]1)c1ccccc1. The van der Waals surface area contributed by atoms with Gasteiger partial charge in [-0.3, -0.25) is 14.4 Å². The van der Waals surface area contributed by atoms with E-state index in [1.54, 1.807) is 16.2 Å². The molecule has 14 nitrogen and oxygen atoms in total. The van der Waals surface area contributed by atoms with Crippen LogP contribution in [0, 0.1) is 5.92 Å². The van der Waals surface area contributed by atoms with Gasteiger partial charge in [-0.25, -0.2) is 14.8 Å². The number of methoxy groups -OCH3 is 1. The summed E-state index contributed by atoms with van der Waals surface area (Å²) in [4.78, 5) is 74.5. The van der Waals surface area contributed by atoms with Crippen LogP contribution in [-0.4, -0.2) is 91.5 Å². The number of carbonyl (C=O) groups is 4. The molecule has 63 heavy (non-hydrogen) atoms. The van der Waals surface area contributed by atoms with Crippen molar-refractivity contribution < 1.29 is 29.0 Å². The number of alkyl carbamates (subject to hydrolysis) is 1. The third-order valence-corrected chi connectivity index (χ3v) is 13.6. The molecule has 0 radical (unpaired) electrons. The van der Waals surface area contributed by atoms with Gasteiger partial charge in [-0.15, -0.1) is 11.3 Å². The number of imidazole rings is 2. The number of ether oxygens (including phenoxy) is 1. The number of aromatic nitrogens is 4. The van der Waals surface area contributed by atoms with Crippen LogP contribution in [0.15, 0.2) is 85.1 Å². The molecule has 2 aliphatic heterocycles. The van der Waals surface area contributed by atoms with E-state index in [0.717, 1.165) is 77.2 Å². The minimum atomic E-state index is -0.877. The van der Waals surface area contributed by atoms with Gasteiger partial charge in [0, 0.05) is 22.8 Å². The number of benzene rings is 3. The van der Waals surface area contributed by atoms with Crippen LogP contribution in [-0.2, 0) is 25.5 Å². The fourth-order valence-electron chi connectivity index (χ4n) is 9.12. The first-order chi connectivity index (χ1) is 30.6. The van der Waals surface area contributed by atoms with E-state index in [1.165, 1.54) is 28.0 Å². The summed E-state index contributed by atoms with van der Waals surface area (Å²) in [5.74, 6) is 0.389. The quantitative estimate of drug-likeness (QED) is 0.0846. The Hall–Kier alpha value is -6.58. The van der Waals surface area contributed by atoms with Crippen molar-refractivity contribution >= 4 is 57.8 Å². The molecule has 3 aromatic heterocycles. The van der Waals surface area contributed by atoms with Gasteiger partial charge in [0.25, 0.3) is 5.91 Å². The van der Waals surface area contributed by atoms with E-state index >= 15 is 0 Å². The molecule has 4 amide bonds. The van der Waals surface area contributed by atoms with Crippen LogP contribution in [0.2, 0.25) is 0 Å². The molecule has 324 valence electrons. The predicted octanol–water partition coefficient (Wildman–Crippen LogP) is 7.34. The zero-order valence-corrected chi connectivity index (χ0v) is 36.2. The third kappa shape index (κ3) is 8.37. The normalized spacial score (nSPS) is 18.1. The molecule has 2 saturated heterocycles. The first-order valence-corrected chi connectivity index (χ1v) is 22.3. The topological polar surface area (TPSA) is 186 Å². The van der Waals surface area contributed by atoms with E-state index in [2.05, 4.69) is 74.1 Å². The van der Waals surface area contributed by atoms with Crippen LogP contribution in [0.4, 0.5) is 4.79 Å². The number of aliphatic hydroxyl groups is 1. The zero-order valence-electron chi connectivity index (χ0n) is 35.4. The molecule has 4 atom stereocenters. The average Bonchev–Trinajstić information content (AvgIpc) is 4.16. The van der Waals surface area contributed by atoms with Crippen molar-refractivity contribution in [2.75, 3.05) is 26.8 Å². The Labute approximate surface area is 368 Å². The van der Waals surface area contributed by atoms with E-state index in [1.807, 2.05) is 61.3 Å². The lowest BCUT2D eigenvalue weighted by Crippen LogP contribution is -2.51. The fourth-order valence-corrected chi connectivity index (χ4v) is 10.3. The van der Waals surface area contributed by atoms with Crippen molar-refractivity contribution in [3.63, 3.8) is 0 Å². The molecule has 5 heterocycles. The van der Waals surface area contributed by atoms with Gasteiger partial charge >= 0.3 is 6.09 Å². The third-order valence-electron chi connectivity index (χ3n) is 12.4. The zero-order chi connectivity index (χ0) is 43.8. The summed E-state index contributed by atoms with van der Waals surface area (Å²) in [7, 11) is 1.29. The van der Waals surface area contributed by atoms with Gasteiger partial charge in [0.05, 0.1) is 42.1 Å². The number of hydrogen-bond acceptors (Lipinski definition) is 9. The lowest BCUT2D eigenvalue weighted by atomic mass is 10.0. The summed E-state index contributed by atoms with van der Waals surface area (Å²) in [5, 5.41) is 14.7. The standard InChI is InChI=1S/C48H50N8O6S/c1-27(2)42(53-41(58)26-57)46(59)55-19-7-11-37(55)44-49-25-36(52-44)28-13-15-29(16-14-28)39-24-33-21-32(23-40(33)63-39)31-17-18-34-35(22-31)51-45(50-34)38-12-8-20-56(38)47(60)43(54-48(61)62-3)30-9-5-4-6-10-30/h4-6,9-10,13-18,22-25,27,37-38,42-43,57H,7-8,11-12,19-21,26H2,1-3H3,(H,49,52)(H,50,51)(H,53,58)(H,54,61)/t37-,38?,42-,43+/m0/s1. The number of likely N-dealkylation sites (tertiary alicyclic amines) is 2. The maximum Gasteiger partial charge on any atom is 0.407 e. The molecule has 5 N–H and O–H groups in total. The van der Waals surface area contributed by atoms with Crippen LogP contribution in [0.1, 0.15) is 90.9 Å². The van der Waals surface area contributed by atoms with Crippen molar-refractivity contribution in [3.8, 4) is 21.7 Å². The van der Waals surface area contributed by atoms with Crippen LogP contribution < -0.4 is 10.6 Å². The molecular weight excluding hydrogens is 817 g/mol. The second kappa shape index (κ2) is 17.7. The number of thiophene rings is 1. The number of nitrogens with zero attached hydrogens (tertiary/aromatic N) is 4. The van der Waals surface area contributed by atoms with Crippen LogP contribution >= 0.6 is 11.3 Å². The average molecular weight is 867 g/mol. The molecule has 9 rings (SSSR count). The summed E-state index contributed by atoms with van der Waals surface area (Å²) in [6.45, 7) is 4.24. The number of fused-ring (bicyclic) bond motifs is 2. The van der Waals surface area contributed by atoms with Gasteiger partial charge in [0.2, 0.25) is 11.8 Å². The lowest BCUT2D eigenvalue weighted by Gasteiger charge is -2.30. The molecule has 3 aromatic carbocycles. The highest BCUT2D eigenvalue weighted by molar-refractivity contribution is 7.16. The molecule has 15 heteroatoms. The van der Waals surface area contributed by atoms with E-state index in [0.29, 0.717) is 18.7 Å². The molecule has 1 aliphatic carbocycles. The van der Waals surface area contributed by atoms with Crippen LogP contribution in [0.25, 0.3) is 44.4 Å².